The first-order valence-corrected chi connectivity index (χ1v) is 27.8. The molecule has 31 atom stereocenters. The first kappa shape index (κ1) is 62.7. The zero-order valence-electron chi connectivity index (χ0n) is 44.7. The Bertz CT molecular complexity index is 2110. The molecule has 0 amide bonds. The molecule has 9 aliphatic rings. The summed E-state index contributed by atoms with van der Waals surface area (Å²) in [5.41, 5.74) is -1.75. The fourth-order valence-corrected chi connectivity index (χ4v) is 15.4. The van der Waals surface area contributed by atoms with E-state index in [9.17, 15) is 91.6 Å². The topological polar surface area (TPSA) is 453 Å². The number of rotatable bonds is 17. The van der Waals surface area contributed by atoms with Gasteiger partial charge in [-0.3, -0.25) is 4.79 Å². The Kier molecular flexibility index (Phi) is 19.2. The van der Waals surface area contributed by atoms with E-state index in [0.717, 1.165) is 12.0 Å². The zero-order chi connectivity index (χ0) is 58.1. The van der Waals surface area contributed by atoms with Crippen LogP contribution in [0.4, 0.5) is 0 Å². The highest BCUT2D eigenvalue weighted by atomic mass is 16.8. The van der Waals surface area contributed by atoms with Crippen LogP contribution in [0.25, 0.3) is 0 Å². The van der Waals surface area contributed by atoms with Gasteiger partial charge in [-0.15, -0.1) is 0 Å². The number of aliphatic hydroxyl groups is 17. The van der Waals surface area contributed by atoms with Crippen LogP contribution in [-0.2, 0) is 52.2 Å². The highest BCUT2D eigenvalue weighted by molar-refractivity contribution is 5.77. The van der Waals surface area contributed by atoms with Crippen LogP contribution in [0.15, 0.2) is 12.2 Å². The molecule has 0 radical (unpaired) electrons. The van der Waals surface area contributed by atoms with Crippen molar-refractivity contribution in [1.29, 1.82) is 0 Å². The molecule has 9 fully saturated rings. The third-order valence-electron chi connectivity index (χ3n) is 19.9. The Morgan fingerprint density at radius 1 is 0.500 bits per heavy atom. The van der Waals surface area contributed by atoms with Crippen molar-refractivity contribution in [2.75, 3.05) is 46.2 Å². The predicted octanol–water partition coefficient (Wildman–Crippen LogP) is -7.00. The maximum atomic E-state index is 14.9. The highest BCUT2D eigenvalue weighted by Crippen LogP contribution is 2.75. The van der Waals surface area contributed by atoms with E-state index in [1.807, 2.05) is 6.92 Å². The fourth-order valence-electron chi connectivity index (χ4n) is 15.4. The van der Waals surface area contributed by atoms with Crippen LogP contribution < -0.4 is 0 Å². The SMILES string of the molecule is C=C1C[C@@]23CCC4[C@](C)(C(=O)OC5OC(CO)C(O)C(O)C5OCC5OC(CO)C(O)C(O)C5O)CCC[C@@]4(C)[C@@H]2CCC1(COC1OC(CO)C(O)C(OC2OC(CO)C(O)C(O)C2O)C1OC1OC(CO)C(O)C(O)C1O)C3. The van der Waals surface area contributed by atoms with Crippen LogP contribution in [-0.4, -0.2) is 292 Å². The molecule has 4 saturated carbocycles. The van der Waals surface area contributed by atoms with Crippen molar-refractivity contribution < 1.29 is 139 Å². The molecule has 28 nitrogen and oxygen atoms in total. The molecule has 1 spiro atoms. The lowest BCUT2D eigenvalue weighted by Crippen LogP contribution is -2.67. The number of esters is 1. The van der Waals surface area contributed by atoms with Gasteiger partial charge in [-0.05, 0) is 81.0 Å². The number of hydrogen-bond donors (Lipinski definition) is 17. The molecule has 27 unspecified atom stereocenters. The van der Waals surface area contributed by atoms with Gasteiger partial charge in [0.1, 0.15) is 128 Å². The van der Waals surface area contributed by atoms with E-state index in [0.29, 0.717) is 51.4 Å². The predicted molar refractivity (Wildman–Crippen MR) is 261 cm³/mol. The molecule has 460 valence electrons. The summed E-state index contributed by atoms with van der Waals surface area (Å²) in [5.74, 6) is -0.869. The lowest BCUT2D eigenvalue weighted by atomic mass is 9.40. The molecule has 0 aromatic rings. The monoisotopic (exact) mass is 1160 g/mol. The van der Waals surface area contributed by atoms with Crippen molar-refractivity contribution in [3.8, 4) is 0 Å². The molecule has 80 heavy (non-hydrogen) atoms. The zero-order valence-corrected chi connectivity index (χ0v) is 44.7. The largest absolute Gasteiger partial charge is 0.432 e. The van der Waals surface area contributed by atoms with Crippen LogP contribution in [0.2, 0.25) is 0 Å². The maximum absolute atomic E-state index is 14.9. The van der Waals surface area contributed by atoms with Gasteiger partial charge in [0, 0.05) is 5.41 Å². The van der Waals surface area contributed by atoms with Crippen molar-refractivity contribution in [3.63, 3.8) is 0 Å². The van der Waals surface area contributed by atoms with Gasteiger partial charge >= 0.3 is 5.97 Å². The summed E-state index contributed by atoms with van der Waals surface area (Å²) in [6, 6.07) is 0. The average Bonchev–Trinajstić information content (AvgIpc) is 3.90. The lowest BCUT2D eigenvalue weighted by molar-refractivity contribution is -0.393. The van der Waals surface area contributed by atoms with E-state index in [1.165, 1.54) is 0 Å². The molecule has 17 N–H and O–H groups in total. The van der Waals surface area contributed by atoms with Gasteiger partial charge in [0.15, 0.2) is 18.9 Å². The van der Waals surface area contributed by atoms with Gasteiger partial charge in [-0.1, -0.05) is 25.5 Å². The number of aliphatic hydroxyl groups excluding tert-OH is 17. The summed E-state index contributed by atoms with van der Waals surface area (Å²) in [6.07, 6.45) is -36.7. The summed E-state index contributed by atoms with van der Waals surface area (Å²) in [4.78, 5) is 14.9. The summed E-state index contributed by atoms with van der Waals surface area (Å²) >= 11 is 0. The van der Waals surface area contributed by atoms with E-state index in [-0.39, 0.29) is 23.9 Å². The van der Waals surface area contributed by atoms with Gasteiger partial charge < -0.3 is 134 Å². The van der Waals surface area contributed by atoms with E-state index >= 15 is 0 Å². The minimum Gasteiger partial charge on any atom is -0.432 e. The summed E-state index contributed by atoms with van der Waals surface area (Å²) in [5, 5.41) is 180. The Morgan fingerprint density at radius 2 is 0.975 bits per heavy atom. The van der Waals surface area contributed by atoms with Crippen LogP contribution in [0.5, 0.6) is 0 Å². The van der Waals surface area contributed by atoms with Gasteiger partial charge in [0.05, 0.1) is 51.7 Å². The van der Waals surface area contributed by atoms with Crippen molar-refractivity contribution in [2.45, 2.75) is 225 Å². The van der Waals surface area contributed by atoms with Crippen LogP contribution in [0.3, 0.4) is 0 Å². The Labute approximate surface area is 460 Å². The molecule has 2 bridgehead atoms. The number of fused-ring (bicyclic) bond motifs is 3. The molecule has 0 aromatic carbocycles. The quantitative estimate of drug-likeness (QED) is 0.0475. The summed E-state index contributed by atoms with van der Waals surface area (Å²) in [7, 11) is 0. The summed E-state index contributed by atoms with van der Waals surface area (Å²) < 4.78 is 59.9. The van der Waals surface area contributed by atoms with Crippen LogP contribution in [0.1, 0.15) is 71.6 Å². The molecule has 0 aromatic heterocycles. The number of carbonyl (C=O) groups is 1. The summed E-state index contributed by atoms with van der Waals surface area (Å²) in [6.45, 7) is 4.02. The molecule has 5 heterocycles. The van der Waals surface area contributed by atoms with Crippen molar-refractivity contribution in [2.24, 2.45) is 33.5 Å². The van der Waals surface area contributed by atoms with E-state index in [2.05, 4.69) is 13.5 Å². The number of ether oxygens (including phenoxy) is 10. The molecule has 9 rings (SSSR count). The van der Waals surface area contributed by atoms with Crippen molar-refractivity contribution >= 4 is 5.97 Å². The van der Waals surface area contributed by atoms with Gasteiger partial charge in [0.2, 0.25) is 6.29 Å². The Hall–Kier alpha value is -1.83. The van der Waals surface area contributed by atoms with Gasteiger partial charge in [-0.2, -0.15) is 0 Å². The van der Waals surface area contributed by atoms with Crippen molar-refractivity contribution in [3.05, 3.63) is 12.2 Å². The van der Waals surface area contributed by atoms with E-state index in [4.69, 9.17) is 47.4 Å². The smallest absolute Gasteiger partial charge is 0.314 e. The molecule has 5 aliphatic heterocycles. The average molecular weight is 1160 g/mol. The minimum absolute atomic E-state index is 0.0447. The standard InChI is InChI=1S/C52H84O28/c1-20-11-51-9-5-27-49(2,7-4-8-50(27,3)48(70)80-47-42(38(67)32(61)24(15-56)77-47)71-17-26-33(62)35(64)29(58)21(12-53)73-26)28(51)6-10-52(20,18-51)19-72-46-43(79-45-40(69)37(66)31(60)23(14-55)75-45)41(34(63)25(16-57)76-46)78-44-39(68)36(65)30(59)22(13-54)74-44/h21-47,53-69H,1,4-19H2,2-3H3/t21?,22?,23?,24?,25?,26?,27?,28-,29?,30?,31?,32?,33?,34?,35?,36?,37?,38?,39?,40?,41?,42?,43?,44?,45?,46?,47?,49+,50+,51+,52?/m0/s1. The number of carbonyl (C=O) groups excluding carboxylic acids is 1. The molecule has 4 aliphatic carbocycles. The molecule has 5 saturated heterocycles. The van der Waals surface area contributed by atoms with Crippen LogP contribution in [0, 0.1) is 33.5 Å². The third kappa shape index (κ3) is 11.0. The van der Waals surface area contributed by atoms with Crippen molar-refractivity contribution in [1.82, 2.24) is 0 Å². The highest BCUT2D eigenvalue weighted by Gasteiger charge is 2.69. The Balaban J connectivity index is 0.927. The first-order valence-electron chi connectivity index (χ1n) is 27.8. The Morgan fingerprint density at radius 3 is 1.55 bits per heavy atom. The second-order valence-electron chi connectivity index (χ2n) is 24.5. The van der Waals surface area contributed by atoms with E-state index < -0.39 is 215 Å². The second-order valence-corrected chi connectivity index (χ2v) is 24.5. The van der Waals surface area contributed by atoms with Crippen LogP contribution >= 0.6 is 0 Å². The van der Waals surface area contributed by atoms with Gasteiger partial charge in [0.25, 0.3) is 0 Å². The fraction of sp³-hybridized carbons (Fsp3) is 0.942. The molecular formula is C52H84O28. The normalized spacial score (nSPS) is 53.4. The molecular weight excluding hydrogens is 1070 g/mol. The van der Waals surface area contributed by atoms with Gasteiger partial charge in [-0.25, -0.2) is 0 Å². The van der Waals surface area contributed by atoms with E-state index in [1.54, 1.807) is 0 Å². The maximum Gasteiger partial charge on any atom is 0.314 e. The minimum atomic E-state index is -1.97. The number of hydrogen-bond acceptors (Lipinski definition) is 28. The molecule has 28 heteroatoms. The third-order valence-corrected chi connectivity index (χ3v) is 19.9. The second kappa shape index (κ2) is 24.5. The first-order chi connectivity index (χ1) is 37.9. The lowest BCUT2D eigenvalue weighted by Gasteiger charge is -2.64.